The van der Waals surface area contributed by atoms with Crippen molar-refractivity contribution in [1.29, 1.82) is 0 Å². The van der Waals surface area contributed by atoms with Crippen molar-refractivity contribution in [2.24, 2.45) is 0 Å². The highest BCUT2D eigenvalue weighted by molar-refractivity contribution is 6.29. The van der Waals surface area contributed by atoms with Crippen LogP contribution in [0.5, 0.6) is 0 Å². The molecule has 0 N–H and O–H groups in total. The number of hydrogen-bond donors (Lipinski definition) is 0. The van der Waals surface area contributed by atoms with E-state index >= 15 is 0 Å². The zero-order chi connectivity index (χ0) is 12.4. The number of nitrogens with zero attached hydrogens (tertiary/aromatic N) is 2. The molecule has 1 aromatic carbocycles. The van der Waals surface area contributed by atoms with E-state index in [1.54, 1.807) is 0 Å². The number of nitro groups is 1. The smallest absolute Gasteiger partial charge is 0.258 e. The Bertz CT molecular complexity index is 584. The van der Waals surface area contributed by atoms with Crippen LogP contribution in [0.25, 0.3) is 11.3 Å². The average molecular weight is 249 g/mol. The van der Waals surface area contributed by atoms with Gasteiger partial charge in [-0.2, -0.15) is 0 Å². The SMILES string of the molecule is Cc1cccc(-c2cc([N+](=O)[O-])cc(Cl)n2)c1. The maximum atomic E-state index is 10.7. The lowest BCUT2D eigenvalue weighted by molar-refractivity contribution is -0.384. The van der Waals surface area contributed by atoms with Crippen LogP contribution in [-0.2, 0) is 0 Å². The first kappa shape index (κ1) is 11.5. The predicted octanol–water partition coefficient (Wildman–Crippen LogP) is 3.62. The minimum Gasteiger partial charge on any atom is -0.258 e. The summed E-state index contributed by atoms with van der Waals surface area (Å²) >= 11 is 5.77. The molecular weight excluding hydrogens is 240 g/mol. The number of pyridine rings is 1. The van der Waals surface area contributed by atoms with Gasteiger partial charge in [-0.25, -0.2) is 4.98 Å². The molecule has 0 spiro atoms. The zero-order valence-electron chi connectivity index (χ0n) is 9.05. The molecular formula is C12H9ClN2O2. The van der Waals surface area contributed by atoms with Crippen LogP contribution in [0.1, 0.15) is 5.56 Å². The van der Waals surface area contributed by atoms with E-state index in [1.165, 1.54) is 12.1 Å². The molecule has 17 heavy (non-hydrogen) atoms. The Morgan fingerprint density at radius 2 is 2.06 bits per heavy atom. The first-order chi connectivity index (χ1) is 8.06. The maximum absolute atomic E-state index is 10.7. The van der Waals surface area contributed by atoms with Gasteiger partial charge in [0.25, 0.3) is 5.69 Å². The number of aryl methyl sites for hydroxylation is 1. The lowest BCUT2D eigenvalue weighted by Gasteiger charge is -2.02. The highest BCUT2D eigenvalue weighted by Crippen LogP contribution is 2.25. The maximum Gasteiger partial charge on any atom is 0.274 e. The Morgan fingerprint density at radius 1 is 1.29 bits per heavy atom. The molecule has 0 saturated carbocycles. The molecule has 0 aliphatic carbocycles. The monoisotopic (exact) mass is 248 g/mol. The summed E-state index contributed by atoms with van der Waals surface area (Å²) in [5.74, 6) is 0. The molecule has 0 aliphatic rings. The second kappa shape index (κ2) is 4.51. The van der Waals surface area contributed by atoms with Crippen LogP contribution < -0.4 is 0 Å². The van der Waals surface area contributed by atoms with Crippen molar-refractivity contribution >= 4 is 17.3 Å². The lowest BCUT2D eigenvalue weighted by atomic mass is 10.1. The second-order valence-electron chi connectivity index (χ2n) is 3.66. The molecule has 0 fully saturated rings. The predicted molar refractivity (Wildman–Crippen MR) is 66.1 cm³/mol. The van der Waals surface area contributed by atoms with Gasteiger partial charge in [0.05, 0.1) is 16.7 Å². The molecule has 1 aromatic heterocycles. The summed E-state index contributed by atoms with van der Waals surface area (Å²) in [6.45, 7) is 1.95. The first-order valence-electron chi connectivity index (χ1n) is 4.95. The van der Waals surface area contributed by atoms with E-state index < -0.39 is 4.92 Å². The third kappa shape index (κ3) is 2.60. The fourth-order valence-corrected chi connectivity index (χ4v) is 1.74. The van der Waals surface area contributed by atoms with Gasteiger partial charge in [0.2, 0.25) is 0 Å². The summed E-state index contributed by atoms with van der Waals surface area (Å²) < 4.78 is 0. The number of benzene rings is 1. The fourth-order valence-electron chi connectivity index (χ4n) is 1.54. The van der Waals surface area contributed by atoms with Crippen LogP contribution >= 0.6 is 11.6 Å². The van der Waals surface area contributed by atoms with Crippen LogP contribution in [0.15, 0.2) is 36.4 Å². The normalized spacial score (nSPS) is 10.2. The summed E-state index contributed by atoms with van der Waals surface area (Å²) in [6, 6.07) is 10.2. The minimum atomic E-state index is -0.479. The molecule has 5 heteroatoms. The van der Waals surface area contributed by atoms with Gasteiger partial charge in [-0.05, 0) is 13.0 Å². The third-order valence-electron chi connectivity index (χ3n) is 2.30. The molecule has 0 amide bonds. The van der Waals surface area contributed by atoms with E-state index in [9.17, 15) is 10.1 Å². The molecule has 0 saturated heterocycles. The quantitative estimate of drug-likeness (QED) is 0.463. The zero-order valence-corrected chi connectivity index (χ0v) is 9.81. The fraction of sp³-hybridized carbons (Fsp3) is 0.0833. The van der Waals surface area contributed by atoms with Crippen molar-refractivity contribution in [1.82, 2.24) is 4.98 Å². The molecule has 2 rings (SSSR count). The van der Waals surface area contributed by atoms with Crippen molar-refractivity contribution < 1.29 is 4.92 Å². The van der Waals surface area contributed by atoms with E-state index in [1.807, 2.05) is 31.2 Å². The minimum absolute atomic E-state index is 0.0542. The van der Waals surface area contributed by atoms with Gasteiger partial charge in [0, 0.05) is 11.6 Å². The molecule has 86 valence electrons. The van der Waals surface area contributed by atoms with E-state index in [2.05, 4.69) is 4.98 Å². The summed E-state index contributed by atoms with van der Waals surface area (Å²) in [5.41, 5.74) is 2.33. The molecule has 4 nitrogen and oxygen atoms in total. The molecule has 0 aliphatic heterocycles. The number of halogens is 1. The average Bonchev–Trinajstić information content (AvgIpc) is 2.28. The number of aromatic nitrogens is 1. The van der Waals surface area contributed by atoms with Crippen molar-refractivity contribution in [3.8, 4) is 11.3 Å². The summed E-state index contributed by atoms with van der Waals surface area (Å²) in [5, 5.41) is 10.8. The third-order valence-corrected chi connectivity index (χ3v) is 2.50. The largest absolute Gasteiger partial charge is 0.274 e. The lowest BCUT2D eigenvalue weighted by Crippen LogP contribution is -1.92. The van der Waals surface area contributed by atoms with Crippen LogP contribution in [0.2, 0.25) is 5.15 Å². The molecule has 0 unspecified atom stereocenters. The van der Waals surface area contributed by atoms with Crippen LogP contribution in [0.4, 0.5) is 5.69 Å². The topological polar surface area (TPSA) is 56.0 Å². The van der Waals surface area contributed by atoms with E-state index in [4.69, 9.17) is 11.6 Å². The number of hydrogen-bond acceptors (Lipinski definition) is 3. The van der Waals surface area contributed by atoms with Gasteiger partial charge < -0.3 is 0 Å². The van der Waals surface area contributed by atoms with Crippen LogP contribution in [-0.4, -0.2) is 9.91 Å². The first-order valence-corrected chi connectivity index (χ1v) is 5.33. The van der Waals surface area contributed by atoms with E-state index in [0.717, 1.165) is 11.1 Å². The highest BCUT2D eigenvalue weighted by Gasteiger charge is 2.11. The Kier molecular flexibility index (Phi) is 3.06. The summed E-state index contributed by atoms with van der Waals surface area (Å²) in [7, 11) is 0. The standard InChI is InChI=1S/C12H9ClN2O2/c1-8-3-2-4-9(5-8)11-6-10(15(16)17)7-12(13)14-11/h2-7H,1H3. The van der Waals surface area contributed by atoms with E-state index in [-0.39, 0.29) is 10.8 Å². The van der Waals surface area contributed by atoms with Crippen molar-refractivity contribution in [2.75, 3.05) is 0 Å². The molecule has 1 heterocycles. The Hall–Kier alpha value is -1.94. The van der Waals surface area contributed by atoms with Gasteiger partial charge in [-0.3, -0.25) is 10.1 Å². The second-order valence-corrected chi connectivity index (χ2v) is 4.05. The molecule has 0 atom stereocenters. The van der Waals surface area contributed by atoms with Crippen molar-refractivity contribution in [3.05, 3.63) is 57.2 Å². The molecule has 2 aromatic rings. The summed E-state index contributed by atoms with van der Waals surface area (Å²) in [4.78, 5) is 14.3. The van der Waals surface area contributed by atoms with Crippen LogP contribution in [0, 0.1) is 17.0 Å². The Labute approximate surface area is 103 Å². The van der Waals surface area contributed by atoms with Crippen LogP contribution in [0.3, 0.4) is 0 Å². The van der Waals surface area contributed by atoms with Gasteiger partial charge in [0.1, 0.15) is 5.15 Å². The van der Waals surface area contributed by atoms with Crippen molar-refractivity contribution in [2.45, 2.75) is 6.92 Å². The molecule has 0 bridgehead atoms. The summed E-state index contributed by atoms with van der Waals surface area (Å²) in [6.07, 6.45) is 0. The van der Waals surface area contributed by atoms with Gasteiger partial charge in [-0.15, -0.1) is 0 Å². The van der Waals surface area contributed by atoms with E-state index in [0.29, 0.717) is 5.69 Å². The van der Waals surface area contributed by atoms with Gasteiger partial charge in [-0.1, -0.05) is 35.4 Å². The van der Waals surface area contributed by atoms with Gasteiger partial charge in [0.15, 0.2) is 0 Å². The van der Waals surface area contributed by atoms with Gasteiger partial charge >= 0.3 is 0 Å². The molecule has 0 radical (unpaired) electrons. The Morgan fingerprint density at radius 3 is 2.71 bits per heavy atom. The van der Waals surface area contributed by atoms with Crippen molar-refractivity contribution in [3.63, 3.8) is 0 Å². The number of rotatable bonds is 2. The Balaban J connectivity index is 2.56. The highest BCUT2D eigenvalue weighted by atomic mass is 35.5.